The normalized spacial score (nSPS) is 12.5. The van der Waals surface area contributed by atoms with E-state index in [1.807, 2.05) is 5.10 Å². The molecule has 2 aromatic heterocycles. The molecule has 3 nitrogen and oxygen atoms in total. The van der Waals surface area contributed by atoms with Gasteiger partial charge >= 0.3 is 12.4 Å². The van der Waals surface area contributed by atoms with Crippen molar-refractivity contribution in [3.05, 3.63) is 71.9 Å². The first-order chi connectivity index (χ1) is 13.6. The van der Waals surface area contributed by atoms with Crippen LogP contribution < -0.4 is 0 Å². The molecule has 0 aliphatic heterocycles. The molecule has 148 valence electrons. The maximum Gasteiger partial charge on any atom is 0.432 e. The summed E-state index contributed by atoms with van der Waals surface area (Å²) in [5, 5.41) is 6.92. The Bertz CT molecular complexity index is 1170. The SMILES string of the molecule is FC(F)(F)c1ccc(-c2cc3ccccc3c(-c3cc(C(F)(F)F)[nH]n3)n2)cc1. The molecule has 0 spiro atoms. The first kappa shape index (κ1) is 19.0. The van der Waals surface area contributed by atoms with Gasteiger partial charge in [0.25, 0.3) is 0 Å². The van der Waals surface area contributed by atoms with Gasteiger partial charge in [-0.15, -0.1) is 0 Å². The predicted molar refractivity (Wildman–Crippen MR) is 94.8 cm³/mol. The number of nitrogens with one attached hydrogen (secondary N) is 1. The molecule has 0 radical (unpaired) electrons. The monoisotopic (exact) mass is 407 g/mol. The number of pyridine rings is 1. The molecule has 9 heteroatoms. The predicted octanol–water partition coefficient (Wildman–Crippen LogP) is 6.33. The second-order valence-corrected chi connectivity index (χ2v) is 6.32. The number of hydrogen-bond acceptors (Lipinski definition) is 2. The van der Waals surface area contributed by atoms with Gasteiger partial charge in [0.05, 0.1) is 17.0 Å². The number of rotatable bonds is 2. The van der Waals surface area contributed by atoms with Crippen LogP contribution in [0.25, 0.3) is 33.4 Å². The molecular formula is C20H11F6N3. The van der Waals surface area contributed by atoms with Gasteiger partial charge in [0.15, 0.2) is 0 Å². The standard InChI is InChI=1S/C20H11F6N3/c21-19(22,23)13-7-5-11(6-8-13)15-9-12-3-1-2-4-14(12)18(27-15)16-10-17(29-28-16)20(24,25)26/h1-10H,(H,28,29). The molecule has 0 unspecified atom stereocenters. The number of halogens is 6. The Kier molecular flexibility index (Phi) is 4.33. The molecule has 0 aliphatic rings. The van der Waals surface area contributed by atoms with E-state index in [1.165, 1.54) is 12.1 Å². The lowest BCUT2D eigenvalue weighted by Gasteiger charge is -2.10. The molecule has 0 amide bonds. The number of hydrogen-bond donors (Lipinski definition) is 1. The Morgan fingerprint density at radius 3 is 2.03 bits per heavy atom. The van der Waals surface area contributed by atoms with Crippen LogP contribution in [0.3, 0.4) is 0 Å². The molecule has 0 saturated heterocycles. The number of aromatic amines is 1. The summed E-state index contributed by atoms with van der Waals surface area (Å²) in [5.74, 6) is 0. The van der Waals surface area contributed by atoms with Gasteiger partial charge in [-0.3, -0.25) is 5.10 Å². The van der Waals surface area contributed by atoms with Crippen molar-refractivity contribution in [3.8, 4) is 22.6 Å². The number of fused-ring (bicyclic) bond motifs is 1. The topological polar surface area (TPSA) is 41.6 Å². The third-order valence-electron chi connectivity index (χ3n) is 4.37. The number of aromatic nitrogens is 3. The van der Waals surface area contributed by atoms with Crippen LogP contribution in [0.5, 0.6) is 0 Å². The van der Waals surface area contributed by atoms with Crippen LogP contribution in [0.15, 0.2) is 60.7 Å². The van der Waals surface area contributed by atoms with Crippen LogP contribution in [0, 0.1) is 0 Å². The average molecular weight is 407 g/mol. The first-order valence-corrected chi connectivity index (χ1v) is 8.33. The number of nitrogens with zero attached hydrogens (tertiary/aromatic N) is 2. The summed E-state index contributed by atoms with van der Waals surface area (Å²) in [6, 6.07) is 13.8. The van der Waals surface area contributed by atoms with Crippen LogP contribution in [0.2, 0.25) is 0 Å². The molecule has 0 saturated carbocycles. The van der Waals surface area contributed by atoms with Crippen LogP contribution >= 0.6 is 0 Å². The van der Waals surface area contributed by atoms with Crippen molar-refractivity contribution < 1.29 is 26.3 Å². The van der Waals surface area contributed by atoms with Gasteiger partial charge < -0.3 is 0 Å². The van der Waals surface area contributed by atoms with E-state index in [1.54, 1.807) is 30.3 Å². The summed E-state index contributed by atoms with van der Waals surface area (Å²) < 4.78 is 77.2. The third kappa shape index (κ3) is 3.67. The highest BCUT2D eigenvalue weighted by Gasteiger charge is 2.33. The van der Waals surface area contributed by atoms with Crippen molar-refractivity contribution in [2.45, 2.75) is 12.4 Å². The van der Waals surface area contributed by atoms with E-state index >= 15 is 0 Å². The molecule has 2 aromatic carbocycles. The fourth-order valence-electron chi connectivity index (χ4n) is 2.96. The first-order valence-electron chi connectivity index (χ1n) is 8.33. The summed E-state index contributed by atoms with van der Waals surface area (Å²) in [5.41, 5.74) is -0.907. The number of alkyl halides is 6. The Balaban J connectivity index is 1.86. The highest BCUT2D eigenvalue weighted by Crippen LogP contribution is 2.35. The summed E-state index contributed by atoms with van der Waals surface area (Å²) in [4.78, 5) is 4.40. The largest absolute Gasteiger partial charge is 0.432 e. The second-order valence-electron chi connectivity index (χ2n) is 6.32. The van der Waals surface area contributed by atoms with Crippen molar-refractivity contribution in [2.24, 2.45) is 0 Å². The van der Waals surface area contributed by atoms with E-state index in [0.29, 0.717) is 22.0 Å². The van der Waals surface area contributed by atoms with E-state index in [-0.39, 0.29) is 11.4 Å². The summed E-state index contributed by atoms with van der Waals surface area (Å²) in [6.45, 7) is 0. The number of H-pyrrole nitrogens is 1. The van der Waals surface area contributed by atoms with Crippen molar-refractivity contribution >= 4 is 10.8 Å². The Morgan fingerprint density at radius 2 is 1.41 bits per heavy atom. The zero-order chi connectivity index (χ0) is 20.8. The lowest BCUT2D eigenvalue weighted by molar-refractivity contribution is -0.141. The maximum atomic E-state index is 12.9. The molecular weight excluding hydrogens is 396 g/mol. The molecule has 4 aromatic rings. The van der Waals surface area contributed by atoms with Crippen molar-refractivity contribution in [1.29, 1.82) is 0 Å². The molecule has 1 N–H and O–H groups in total. The quantitative estimate of drug-likeness (QED) is 0.395. The smallest absolute Gasteiger partial charge is 0.273 e. The minimum absolute atomic E-state index is 0.0118. The highest BCUT2D eigenvalue weighted by atomic mass is 19.4. The molecule has 2 heterocycles. The molecule has 0 bridgehead atoms. The minimum atomic E-state index is -4.59. The number of benzene rings is 2. The van der Waals surface area contributed by atoms with Crippen molar-refractivity contribution in [2.75, 3.05) is 0 Å². The van der Waals surface area contributed by atoms with E-state index in [9.17, 15) is 26.3 Å². The van der Waals surface area contributed by atoms with Crippen molar-refractivity contribution in [3.63, 3.8) is 0 Å². The van der Waals surface area contributed by atoms with E-state index < -0.39 is 23.6 Å². The van der Waals surface area contributed by atoms with E-state index in [0.717, 1.165) is 18.2 Å². The summed E-state index contributed by atoms with van der Waals surface area (Å²) in [7, 11) is 0. The Labute approximate surface area is 160 Å². The van der Waals surface area contributed by atoms with Gasteiger partial charge in [0, 0.05) is 10.9 Å². The lowest BCUT2D eigenvalue weighted by Crippen LogP contribution is -2.04. The zero-order valence-corrected chi connectivity index (χ0v) is 14.4. The highest BCUT2D eigenvalue weighted by molar-refractivity contribution is 5.96. The summed E-state index contributed by atoms with van der Waals surface area (Å²) in [6.07, 6.45) is -9.06. The van der Waals surface area contributed by atoms with Crippen LogP contribution in [0.4, 0.5) is 26.3 Å². The Morgan fingerprint density at radius 1 is 0.724 bits per heavy atom. The van der Waals surface area contributed by atoms with Gasteiger partial charge in [-0.1, -0.05) is 36.4 Å². The third-order valence-corrected chi connectivity index (χ3v) is 4.37. The minimum Gasteiger partial charge on any atom is -0.273 e. The van der Waals surface area contributed by atoms with Gasteiger partial charge in [0.1, 0.15) is 11.4 Å². The van der Waals surface area contributed by atoms with Crippen molar-refractivity contribution in [1.82, 2.24) is 15.2 Å². The van der Waals surface area contributed by atoms with Gasteiger partial charge in [-0.2, -0.15) is 31.4 Å². The van der Waals surface area contributed by atoms with E-state index in [2.05, 4.69) is 10.1 Å². The summed E-state index contributed by atoms with van der Waals surface area (Å²) >= 11 is 0. The lowest BCUT2D eigenvalue weighted by atomic mass is 10.0. The van der Waals surface area contributed by atoms with Crippen LogP contribution in [-0.4, -0.2) is 15.2 Å². The molecule has 0 fully saturated rings. The molecule has 0 aliphatic carbocycles. The van der Waals surface area contributed by atoms with Gasteiger partial charge in [0.2, 0.25) is 0 Å². The van der Waals surface area contributed by atoms with Crippen LogP contribution in [-0.2, 0) is 12.4 Å². The molecule has 4 rings (SSSR count). The fourth-order valence-corrected chi connectivity index (χ4v) is 2.96. The van der Waals surface area contributed by atoms with Gasteiger partial charge in [-0.25, -0.2) is 4.98 Å². The average Bonchev–Trinajstić information content (AvgIpc) is 3.17. The fraction of sp³-hybridized carbons (Fsp3) is 0.100. The maximum absolute atomic E-state index is 12.9. The molecule has 0 atom stereocenters. The van der Waals surface area contributed by atoms with E-state index in [4.69, 9.17) is 0 Å². The Hall–Kier alpha value is -3.36. The van der Waals surface area contributed by atoms with Gasteiger partial charge in [-0.05, 0) is 29.7 Å². The molecule has 29 heavy (non-hydrogen) atoms. The zero-order valence-electron chi connectivity index (χ0n) is 14.4. The van der Waals surface area contributed by atoms with Crippen LogP contribution in [0.1, 0.15) is 11.3 Å². The second kappa shape index (κ2) is 6.61.